The van der Waals surface area contributed by atoms with Crippen LogP contribution in [-0.4, -0.2) is 24.1 Å². The fourth-order valence-corrected chi connectivity index (χ4v) is 2.46. The summed E-state index contributed by atoms with van der Waals surface area (Å²) in [6, 6.07) is 6.60. The molecule has 0 aliphatic rings. The number of carbonyl (C=O) groups is 1. The summed E-state index contributed by atoms with van der Waals surface area (Å²) in [5, 5.41) is 4.74. The molecule has 0 spiro atoms. The molecule has 1 aromatic heterocycles. The van der Waals surface area contributed by atoms with Gasteiger partial charge in [0.1, 0.15) is 5.82 Å². The van der Waals surface area contributed by atoms with Crippen molar-refractivity contribution >= 4 is 29.7 Å². The molecule has 0 radical (unpaired) electrons. The van der Waals surface area contributed by atoms with E-state index in [0.717, 1.165) is 0 Å². The van der Waals surface area contributed by atoms with Gasteiger partial charge >= 0.3 is 0 Å². The number of hydrogen-bond acceptors (Lipinski definition) is 3. The van der Waals surface area contributed by atoms with Crippen LogP contribution in [0.4, 0.5) is 4.39 Å². The molecule has 0 saturated carbocycles. The molecule has 1 heterocycles. The minimum atomic E-state index is -0.251. The average molecular weight is 330 g/mol. The number of aromatic nitrogens is 1. The Morgan fingerprint density at radius 2 is 2.19 bits per heavy atom. The lowest BCUT2D eigenvalue weighted by Crippen LogP contribution is -2.19. The Hall–Kier alpha value is -1.50. The first-order valence-electron chi connectivity index (χ1n) is 6.30. The highest BCUT2D eigenvalue weighted by Gasteiger charge is 2.04. The molecule has 114 valence electrons. The van der Waals surface area contributed by atoms with Crippen LogP contribution in [0.5, 0.6) is 0 Å². The predicted molar refractivity (Wildman–Crippen MR) is 84.2 cm³/mol. The molecule has 0 bridgehead atoms. The van der Waals surface area contributed by atoms with E-state index >= 15 is 0 Å². The second-order valence-corrected chi connectivity index (χ2v) is 5.14. The SMILES string of the molecule is CNCCC(=O)N=c1sccn1Cc1ccccc1F.Cl. The largest absolute Gasteiger partial charge is 0.319 e. The monoisotopic (exact) mass is 329 g/mol. The van der Waals surface area contributed by atoms with Crippen LogP contribution in [-0.2, 0) is 11.3 Å². The van der Waals surface area contributed by atoms with E-state index in [0.29, 0.717) is 29.9 Å². The van der Waals surface area contributed by atoms with Crippen molar-refractivity contribution in [3.05, 3.63) is 52.0 Å². The van der Waals surface area contributed by atoms with Crippen molar-refractivity contribution in [1.82, 2.24) is 9.88 Å². The number of nitrogens with one attached hydrogen (secondary N) is 1. The van der Waals surface area contributed by atoms with Gasteiger partial charge < -0.3 is 9.88 Å². The smallest absolute Gasteiger partial charge is 0.249 e. The van der Waals surface area contributed by atoms with Crippen molar-refractivity contribution in [1.29, 1.82) is 0 Å². The van der Waals surface area contributed by atoms with Crippen molar-refractivity contribution < 1.29 is 9.18 Å². The van der Waals surface area contributed by atoms with E-state index in [4.69, 9.17) is 0 Å². The lowest BCUT2D eigenvalue weighted by molar-refractivity contribution is -0.118. The second-order valence-electron chi connectivity index (χ2n) is 4.26. The quantitative estimate of drug-likeness (QED) is 0.914. The molecule has 2 rings (SSSR count). The Labute approximate surface area is 132 Å². The maximum absolute atomic E-state index is 13.6. The zero-order valence-electron chi connectivity index (χ0n) is 11.6. The Morgan fingerprint density at radius 1 is 1.43 bits per heavy atom. The molecule has 1 aromatic carbocycles. The highest BCUT2D eigenvalue weighted by atomic mass is 35.5. The van der Waals surface area contributed by atoms with Gasteiger partial charge in [-0.3, -0.25) is 4.79 Å². The zero-order chi connectivity index (χ0) is 14.4. The second kappa shape index (κ2) is 8.71. The number of thiazole rings is 1. The van der Waals surface area contributed by atoms with Crippen LogP contribution in [0.2, 0.25) is 0 Å². The van der Waals surface area contributed by atoms with Crippen LogP contribution in [0.15, 0.2) is 40.8 Å². The summed E-state index contributed by atoms with van der Waals surface area (Å²) < 4.78 is 15.4. The summed E-state index contributed by atoms with van der Waals surface area (Å²) in [5.41, 5.74) is 0.579. The van der Waals surface area contributed by atoms with Crippen LogP contribution in [0, 0.1) is 5.82 Å². The molecule has 7 heteroatoms. The molecule has 0 atom stereocenters. The number of benzene rings is 1. The fourth-order valence-electron chi connectivity index (χ4n) is 1.71. The first-order chi connectivity index (χ1) is 9.70. The summed E-state index contributed by atoms with van der Waals surface area (Å²) in [6.07, 6.45) is 2.16. The van der Waals surface area contributed by atoms with E-state index in [1.807, 2.05) is 5.38 Å². The molecule has 0 fully saturated rings. The van der Waals surface area contributed by atoms with Crippen LogP contribution in [0.25, 0.3) is 0 Å². The first-order valence-corrected chi connectivity index (χ1v) is 7.18. The predicted octanol–water partition coefficient (Wildman–Crippen LogP) is 2.20. The van der Waals surface area contributed by atoms with Gasteiger partial charge in [-0.25, -0.2) is 4.39 Å². The fraction of sp³-hybridized carbons (Fsp3) is 0.286. The molecule has 2 aromatic rings. The van der Waals surface area contributed by atoms with Crippen molar-refractivity contribution in [2.24, 2.45) is 4.99 Å². The lowest BCUT2D eigenvalue weighted by Gasteiger charge is -2.04. The summed E-state index contributed by atoms with van der Waals surface area (Å²) in [4.78, 5) is 16.3. The van der Waals surface area contributed by atoms with Crippen molar-refractivity contribution in [3.8, 4) is 0 Å². The van der Waals surface area contributed by atoms with Gasteiger partial charge in [-0.15, -0.1) is 23.7 Å². The zero-order valence-corrected chi connectivity index (χ0v) is 13.2. The molecular weight excluding hydrogens is 313 g/mol. The van der Waals surface area contributed by atoms with Crippen molar-refractivity contribution in [3.63, 3.8) is 0 Å². The van der Waals surface area contributed by atoms with Gasteiger partial charge in [0, 0.05) is 30.1 Å². The van der Waals surface area contributed by atoms with Crippen LogP contribution in [0.3, 0.4) is 0 Å². The number of nitrogens with zero attached hydrogens (tertiary/aromatic N) is 2. The van der Waals surface area contributed by atoms with Gasteiger partial charge in [-0.05, 0) is 13.1 Å². The van der Waals surface area contributed by atoms with E-state index in [1.165, 1.54) is 17.4 Å². The standard InChI is InChI=1S/C14H16FN3OS.ClH/c1-16-7-6-13(19)17-14-18(8-9-20-14)10-11-4-2-3-5-12(11)15;/h2-5,8-9,16H,6-7,10H2,1H3;1H. The number of carbonyl (C=O) groups excluding carboxylic acids is 1. The molecule has 21 heavy (non-hydrogen) atoms. The van der Waals surface area contributed by atoms with Crippen LogP contribution >= 0.6 is 23.7 Å². The van der Waals surface area contributed by atoms with Gasteiger partial charge in [0.15, 0.2) is 4.80 Å². The Balaban J connectivity index is 0.00000220. The van der Waals surface area contributed by atoms with Gasteiger partial charge in [0.25, 0.3) is 0 Å². The Kier molecular flexibility index (Phi) is 7.28. The Morgan fingerprint density at radius 3 is 2.90 bits per heavy atom. The highest BCUT2D eigenvalue weighted by Crippen LogP contribution is 2.08. The Bertz CT molecular complexity index is 653. The van der Waals surface area contributed by atoms with Crippen molar-refractivity contribution in [2.75, 3.05) is 13.6 Å². The molecule has 0 aliphatic carbocycles. The topological polar surface area (TPSA) is 46.4 Å². The molecule has 0 unspecified atom stereocenters. The van der Waals surface area contributed by atoms with Crippen LogP contribution in [0.1, 0.15) is 12.0 Å². The molecule has 1 amide bonds. The van der Waals surface area contributed by atoms with Crippen molar-refractivity contribution in [2.45, 2.75) is 13.0 Å². The number of hydrogen-bond donors (Lipinski definition) is 1. The third-order valence-corrected chi connectivity index (χ3v) is 3.56. The molecule has 0 aliphatic heterocycles. The van der Waals surface area contributed by atoms with Gasteiger partial charge in [-0.2, -0.15) is 4.99 Å². The number of rotatable bonds is 5. The van der Waals surface area contributed by atoms with E-state index in [9.17, 15) is 9.18 Å². The summed E-state index contributed by atoms with van der Waals surface area (Å²) >= 11 is 1.37. The van der Waals surface area contributed by atoms with E-state index < -0.39 is 0 Å². The highest BCUT2D eigenvalue weighted by molar-refractivity contribution is 7.07. The van der Waals surface area contributed by atoms with Gasteiger partial charge in [-0.1, -0.05) is 18.2 Å². The third kappa shape index (κ3) is 5.08. The van der Waals surface area contributed by atoms with Gasteiger partial charge in [0.2, 0.25) is 5.91 Å². The van der Waals surface area contributed by atoms with E-state index in [2.05, 4.69) is 10.3 Å². The number of amides is 1. The maximum atomic E-state index is 13.6. The lowest BCUT2D eigenvalue weighted by atomic mass is 10.2. The number of halogens is 2. The van der Waals surface area contributed by atoms with Gasteiger partial charge in [0.05, 0.1) is 6.54 Å². The molecule has 1 N–H and O–H groups in total. The molecule has 0 saturated heterocycles. The third-order valence-electron chi connectivity index (χ3n) is 2.77. The van der Waals surface area contributed by atoms with E-state index in [-0.39, 0.29) is 24.1 Å². The average Bonchev–Trinajstić information content (AvgIpc) is 2.86. The maximum Gasteiger partial charge on any atom is 0.249 e. The van der Waals surface area contributed by atoms with E-state index in [1.54, 1.807) is 36.0 Å². The minimum Gasteiger partial charge on any atom is -0.319 e. The summed E-state index contributed by atoms with van der Waals surface area (Å²) in [7, 11) is 1.79. The summed E-state index contributed by atoms with van der Waals surface area (Å²) in [6.45, 7) is 0.968. The first kappa shape index (κ1) is 17.6. The molecular formula is C14H17ClFN3OS. The molecule has 4 nitrogen and oxygen atoms in total. The summed E-state index contributed by atoms with van der Waals surface area (Å²) in [5.74, 6) is -0.428. The normalized spacial score (nSPS) is 11.2. The minimum absolute atomic E-state index is 0. The van der Waals surface area contributed by atoms with Crippen LogP contribution < -0.4 is 10.1 Å².